The fourth-order valence-electron chi connectivity index (χ4n) is 2.89. The molecule has 3 rings (SSSR count). The van der Waals surface area contributed by atoms with Crippen LogP contribution in [0, 0.1) is 5.92 Å². The second-order valence-corrected chi connectivity index (χ2v) is 6.20. The number of carbonyl (C=O) groups excluding carboxylic acids is 1. The van der Waals surface area contributed by atoms with Gasteiger partial charge in [-0.25, -0.2) is 0 Å². The number of hydrogen-bond donors (Lipinski definition) is 2. The van der Waals surface area contributed by atoms with Crippen molar-refractivity contribution in [3.05, 3.63) is 65.7 Å². The van der Waals surface area contributed by atoms with Crippen molar-refractivity contribution in [2.75, 3.05) is 19.6 Å². The number of benzene rings is 2. The van der Waals surface area contributed by atoms with Crippen LogP contribution in [0.2, 0.25) is 0 Å². The summed E-state index contributed by atoms with van der Waals surface area (Å²) in [6.45, 7) is 3.42. The predicted octanol–water partition coefficient (Wildman–Crippen LogP) is 3.00. The Balaban J connectivity index is 1.43. The molecule has 1 saturated heterocycles. The van der Waals surface area contributed by atoms with Crippen molar-refractivity contribution >= 4 is 5.91 Å². The lowest BCUT2D eigenvalue weighted by Gasteiger charge is -2.10. The summed E-state index contributed by atoms with van der Waals surface area (Å²) in [7, 11) is 0. The molecule has 0 saturated carbocycles. The SMILES string of the molecule is O=C(NCCC1CCNC1)c1ccc(COc2ccccc2)cc1. The molecule has 1 unspecified atom stereocenters. The third-order valence-electron chi connectivity index (χ3n) is 4.37. The number of para-hydroxylation sites is 1. The zero-order valence-electron chi connectivity index (χ0n) is 13.8. The van der Waals surface area contributed by atoms with Crippen LogP contribution in [0.25, 0.3) is 0 Å². The zero-order chi connectivity index (χ0) is 16.6. The van der Waals surface area contributed by atoms with Crippen LogP contribution in [0.4, 0.5) is 0 Å². The largest absolute Gasteiger partial charge is 0.489 e. The summed E-state index contributed by atoms with van der Waals surface area (Å²) in [5, 5.41) is 6.35. The number of ether oxygens (including phenoxy) is 1. The third-order valence-corrected chi connectivity index (χ3v) is 4.37. The van der Waals surface area contributed by atoms with Gasteiger partial charge in [-0.2, -0.15) is 0 Å². The molecule has 1 amide bonds. The van der Waals surface area contributed by atoms with Crippen molar-refractivity contribution in [1.29, 1.82) is 0 Å². The molecular weight excluding hydrogens is 300 g/mol. The molecule has 1 atom stereocenters. The lowest BCUT2D eigenvalue weighted by Crippen LogP contribution is -2.26. The van der Waals surface area contributed by atoms with Gasteiger partial charge in [-0.1, -0.05) is 30.3 Å². The van der Waals surface area contributed by atoms with Gasteiger partial charge in [0.25, 0.3) is 5.91 Å². The highest BCUT2D eigenvalue weighted by atomic mass is 16.5. The minimum Gasteiger partial charge on any atom is -0.489 e. The van der Waals surface area contributed by atoms with Crippen molar-refractivity contribution < 1.29 is 9.53 Å². The average Bonchev–Trinajstić information content (AvgIpc) is 3.15. The van der Waals surface area contributed by atoms with E-state index in [1.54, 1.807) is 0 Å². The van der Waals surface area contributed by atoms with Crippen LogP contribution in [0.5, 0.6) is 5.75 Å². The molecule has 4 heteroatoms. The van der Waals surface area contributed by atoms with E-state index < -0.39 is 0 Å². The zero-order valence-corrected chi connectivity index (χ0v) is 13.8. The molecule has 0 radical (unpaired) electrons. The standard InChI is InChI=1S/C20H24N2O2/c23-20(22-13-11-16-10-12-21-14-16)18-8-6-17(7-9-18)15-24-19-4-2-1-3-5-19/h1-9,16,21H,10-15H2,(H,22,23). The quantitative estimate of drug-likeness (QED) is 0.823. The van der Waals surface area contributed by atoms with Crippen molar-refractivity contribution in [2.45, 2.75) is 19.4 Å². The van der Waals surface area contributed by atoms with Crippen molar-refractivity contribution in [1.82, 2.24) is 10.6 Å². The smallest absolute Gasteiger partial charge is 0.251 e. The highest BCUT2D eigenvalue weighted by molar-refractivity contribution is 5.94. The molecule has 0 aliphatic carbocycles. The molecule has 4 nitrogen and oxygen atoms in total. The van der Waals surface area contributed by atoms with E-state index in [9.17, 15) is 4.79 Å². The molecule has 1 aliphatic heterocycles. The number of nitrogens with one attached hydrogen (secondary N) is 2. The van der Waals surface area contributed by atoms with E-state index in [2.05, 4.69) is 10.6 Å². The van der Waals surface area contributed by atoms with E-state index in [4.69, 9.17) is 4.74 Å². The number of carbonyl (C=O) groups is 1. The van der Waals surface area contributed by atoms with Crippen molar-refractivity contribution in [3.8, 4) is 5.75 Å². The molecular formula is C20H24N2O2. The van der Waals surface area contributed by atoms with Gasteiger partial charge >= 0.3 is 0 Å². The van der Waals surface area contributed by atoms with Gasteiger partial charge in [0, 0.05) is 12.1 Å². The second-order valence-electron chi connectivity index (χ2n) is 6.20. The van der Waals surface area contributed by atoms with E-state index in [1.807, 2.05) is 54.6 Å². The Morgan fingerprint density at radius 1 is 1.12 bits per heavy atom. The van der Waals surface area contributed by atoms with E-state index >= 15 is 0 Å². The molecule has 1 aliphatic rings. The number of amides is 1. The summed E-state index contributed by atoms with van der Waals surface area (Å²) in [6.07, 6.45) is 2.26. The maximum Gasteiger partial charge on any atom is 0.251 e. The molecule has 0 bridgehead atoms. The first kappa shape index (κ1) is 16.5. The first-order valence-corrected chi connectivity index (χ1v) is 8.57. The lowest BCUT2D eigenvalue weighted by atomic mass is 10.1. The van der Waals surface area contributed by atoms with Gasteiger partial charge in [-0.3, -0.25) is 4.79 Å². The van der Waals surface area contributed by atoms with E-state index in [0.717, 1.165) is 37.4 Å². The first-order chi connectivity index (χ1) is 11.8. The Kier molecular flexibility index (Phi) is 5.85. The van der Waals surface area contributed by atoms with Crippen LogP contribution >= 0.6 is 0 Å². The first-order valence-electron chi connectivity index (χ1n) is 8.57. The molecule has 2 aromatic rings. The molecule has 2 N–H and O–H groups in total. The van der Waals surface area contributed by atoms with E-state index in [1.165, 1.54) is 6.42 Å². The molecule has 1 fully saturated rings. The van der Waals surface area contributed by atoms with Gasteiger partial charge in [0.1, 0.15) is 12.4 Å². The normalized spacial score (nSPS) is 16.8. The van der Waals surface area contributed by atoms with E-state index in [-0.39, 0.29) is 5.91 Å². The highest BCUT2D eigenvalue weighted by Gasteiger charge is 2.14. The van der Waals surface area contributed by atoms with Gasteiger partial charge < -0.3 is 15.4 Å². The Bertz CT molecular complexity index is 634. The maximum atomic E-state index is 12.2. The van der Waals surface area contributed by atoms with Crippen LogP contribution in [-0.2, 0) is 6.61 Å². The van der Waals surface area contributed by atoms with Gasteiger partial charge in [0.2, 0.25) is 0 Å². The van der Waals surface area contributed by atoms with Crippen LogP contribution < -0.4 is 15.4 Å². The van der Waals surface area contributed by atoms with Crippen LogP contribution in [0.1, 0.15) is 28.8 Å². The van der Waals surface area contributed by atoms with E-state index in [0.29, 0.717) is 18.1 Å². The van der Waals surface area contributed by atoms with Crippen LogP contribution in [0.3, 0.4) is 0 Å². The molecule has 2 aromatic carbocycles. The topological polar surface area (TPSA) is 50.4 Å². The van der Waals surface area contributed by atoms with Crippen LogP contribution in [0.15, 0.2) is 54.6 Å². The van der Waals surface area contributed by atoms with Crippen molar-refractivity contribution in [3.63, 3.8) is 0 Å². The maximum absolute atomic E-state index is 12.2. The third kappa shape index (κ3) is 4.83. The van der Waals surface area contributed by atoms with Crippen molar-refractivity contribution in [2.24, 2.45) is 5.92 Å². The summed E-state index contributed by atoms with van der Waals surface area (Å²) in [6, 6.07) is 17.3. The number of rotatable bonds is 7. The minimum absolute atomic E-state index is 0.00326. The Hall–Kier alpha value is -2.33. The average molecular weight is 324 g/mol. The van der Waals surface area contributed by atoms with Gasteiger partial charge in [0.15, 0.2) is 0 Å². The van der Waals surface area contributed by atoms with Crippen LogP contribution in [-0.4, -0.2) is 25.5 Å². The van der Waals surface area contributed by atoms with Gasteiger partial charge in [0.05, 0.1) is 0 Å². The monoisotopic (exact) mass is 324 g/mol. The number of hydrogen-bond acceptors (Lipinski definition) is 3. The summed E-state index contributed by atoms with van der Waals surface area (Å²) >= 11 is 0. The summed E-state index contributed by atoms with van der Waals surface area (Å²) in [5.41, 5.74) is 1.75. The van der Waals surface area contributed by atoms with Gasteiger partial charge in [-0.05, 0) is 61.7 Å². The molecule has 0 spiro atoms. The van der Waals surface area contributed by atoms with Gasteiger partial charge in [-0.15, -0.1) is 0 Å². The highest BCUT2D eigenvalue weighted by Crippen LogP contribution is 2.13. The molecule has 0 aromatic heterocycles. The molecule has 1 heterocycles. The Morgan fingerprint density at radius 3 is 2.62 bits per heavy atom. The molecule has 126 valence electrons. The lowest BCUT2D eigenvalue weighted by molar-refractivity contribution is 0.0951. The summed E-state index contributed by atoms with van der Waals surface area (Å²) in [5.74, 6) is 1.54. The second kappa shape index (κ2) is 8.50. The summed E-state index contributed by atoms with van der Waals surface area (Å²) in [4.78, 5) is 12.2. The fraction of sp³-hybridized carbons (Fsp3) is 0.350. The fourth-order valence-corrected chi connectivity index (χ4v) is 2.89. The molecule has 24 heavy (non-hydrogen) atoms. The Labute approximate surface area is 143 Å². The predicted molar refractivity (Wildman–Crippen MR) is 95.1 cm³/mol. The Morgan fingerprint density at radius 2 is 1.92 bits per heavy atom. The minimum atomic E-state index is -0.00326. The summed E-state index contributed by atoms with van der Waals surface area (Å²) < 4.78 is 5.71.